The number of carboxylic acid groups (broad SMARTS) is 1. The molecule has 6 heteroatoms. The average Bonchev–Trinajstić information content (AvgIpc) is 2.46. The van der Waals surface area contributed by atoms with Crippen LogP contribution in [-0.4, -0.2) is 27.0 Å². The van der Waals surface area contributed by atoms with Gasteiger partial charge in [-0.1, -0.05) is 45.4 Å². The third kappa shape index (κ3) is 6.83. The topological polar surface area (TPSA) is 92.2 Å². The molecule has 0 aliphatic heterocycles. The van der Waals surface area contributed by atoms with Gasteiger partial charge < -0.3 is 10.4 Å². The Balaban J connectivity index is 2.27. The van der Waals surface area contributed by atoms with Crippen LogP contribution in [0.3, 0.4) is 0 Å². The number of nitrogens with zero attached hydrogens (tertiary/aromatic N) is 2. The lowest BCUT2D eigenvalue weighted by molar-refractivity contribution is -0.116. The highest BCUT2D eigenvalue weighted by Crippen LogP contribution is 2.11. The minimum atomic E-state index is -1.20. The lowest BCUT2D eigenvalue weighted by Crippen LogP contribution is -2.16. The van der Waals surface area contributed by atoms with Gasteiger partial charge in [0, 0.05) is 18.8 Å². The summed E-state index contributed by atoms with van der Waals surface area (Å²) in [6, 6.07) is 0. The standard InChI is InChI=1S/C15H23N3O3/c1-2-3-4-5-6-7-8-9-12(19)18-14-13(15(20)21)16-10-11-17-14/h10-11H,2-9H2,1H3,(H,20,21)(H,17,18,19). The summed E-state index contributed by atoms with van der Waals surface area (Å²) in [6.45, 7) is 2.18. The van der Waals surface area contributed by atoms with E-state index in [1.807, 2.05) is 0 Å². The van der Waals surface area contributed by atoms with Crippen LogP contribution in [-0.2, 0) is 4.79 Å². The molecule has 0 aliphatic rings. The van der Waals surface area contributed by atoms with E-state index in [0.29, 0.717) is 6.42 Å². The Morgan fingerprint density at radius 2 is 1.67 bits per heavy atom. The fourth-order valence-electron chi connectivity index (χ4n) is 2.02. The maximum atomic E-state index is 11.8. The molecule has 0 radical (unpaired) electrons. The van der Waals surface area contributed by atoms with Crippen LogP contribution in [0.5, 0.6) is 0 Å². The van der Waals surface area contributed by atoms with E-state index in [4.69, 9.17) is 5.11 Å². The fraction of sp³-hybridized carbons (Fsp3) is 0.600. The number of amides is 1. The molecular weight excluding hydrogens is 270 g/mol. The first-order chi connectivity index (χ1) is 10.1. The summed E-state index contributed by atoms with van der Waals surface area (Å²) < 4.78 is 0. The van der Waals surface area contributed by atoms with Crippen molar-refractivity contribution in [2.75, 3.05) is 5.32 Å². The number of rotatable bonds is 10. The molecule has 0 saturated carbocycles. The molecular formula is C15H23N3O3. The van der Waals surface area contributed by atoms with E-state index in [0.717, 1.165) is 19.3 Å². The predicted octanol–water partition coefficient (Wildman–Crippen LogP) is 3.25. The number of unbranched alkanes of at least 4 members (excludes halogenated alkanes) is 6. The van der Waals surface area contributed by atoms with E-state index in [1.54, 1.807) is 0 Å². The van der Waals surface area contributed by atoms with Crippen molar-refractivity contribution < 1.29 is 14.7 Å². The molecule has 2 N–H and O–H groups in total. The van der Waals surface area contributed by atoms with Gasteiger partial charge >= 0.3 is 5.97 Å². The van der Waals surface area contributed by atoms with Gasteiger partial charge in [0.25, 0.3) is 0 Å². The van der Waals surface area contributed by atoms with Crippen molar-refractivity contribution in [3.05, 3.63) is 18.1 Å². The zero-order valence-electron chi connectivity index (χ0n) is 12.5. The highest BCUT2D eigenvalue weighted by molar-refractivity contribution is 5.97. The maximum absolute atomic E-state index is 11.8. The molecule has 1 aromatic heterocycles. The van der Waals surface area contributed by atoms with E-state index < -0.39 is 5.97 Å². The van der Waals surface area contributed by atoms with Crippen LogP contribution in [0.15, 0.2) is 12.4 Å². The minimum Gasteiger partial charge on any atom is -0.476 e. The maximum Gasteiger partial charge on any atom is 0.358 e. The Bertz CT molecular complexity index is 463. The third-order valence-corrected chi connectivity index (χ3v) is 3.17. The van der Waals surface area contributed by atoms with Gasteiger partial charge in [-0.3, -0.25) is 4.79 Å². The number of carboxylic acids is 1. The summed E-state index contributed by atoms with van der Waals surface area (Å²) in [5.74, 6) is -1.40. The van der Waals surface area contributed by atoms with Gasteiger partial charge in [-0.2, -0.15) is 0 Å². The number of hydrogen-bond donors (Lipinski definition) is 2. The first-order valence-electron chi connectivity index (χ1n) is 7.49. The second-order valence-corrected chi connectivity index (χ2v) is 4.98. The molecule has 6 nitrogen and oxygen atoms in total. The van der Waals surface area contributed by atoms with Gasteiger partial charge in [-0.25, -0.2) is 14.8 Å². The Labute approximate surface area is 125 Å². The van der Waals surface area contributed by atoms with E-state index in [9.17, 15) is 9.59 Å². The van der Waals surface area contributed by atoms with Crippen molar-refractivity contribution in [2.24, 2.45) is 0 Å². The van der Waals surface area contributed by atoms with Crippen LogP contribution in [0.4, 0.5) is 5.82 Å². The summed E-state index contributed by atoms with van der Waals surface area (Å²) in [5.41, 5.74) is -0.231. The number of carbonyl (C=O) groups is 2. The first-order valence-corrected chi connectivity index (χ1v) is 7.49. The number of nitrogens with one attached hydrogen (secondary N) is 1. The quantitative estimate of drug-likeness (QED) is 0.646. The van der Waals surface area contributed by atoms with Gasteiger partial charge in [0.1, 0.15) is 0 Å². The molecule has 1 aromatic rings. The zero-order chi connectivity index (χ0) is 15.5. The Morgan fingerprint density at radius 3 is 2.33 bits per heavy atom. The second kappa shape index (κ2) is 9.85. The largest absolute Gasteiger partial charge is 0.476 e. The van der Waals surface area contributed by atoms with Crippen molar-refractivity contribution >= 4 is 17.7 Å². The van der Waals surface area contributed by atoms with E-state index in [2.05, 4.69) is 22.2 Å². The monoisotopic (exact) mass is 293 g/mol. The molecule has 1 rings (SSSR count). The molecule has 116 valence electrons. The molecule has 21 heavy (non-hydrogen) atoms. The number of hydrogen-bond acceptors (Lipinski definition) is 4. The smallest absolute Gasteiger partial charge is 0.358 e. The second-order valence-electron chi connectivity index (χ2n) is 4.98. The Kier molecular flexibility index (Phi) is 8.01. The lowest BCUT2D eigenvalue weighted by Gasteiger charge is -2.06. The first kappa shape index (κ1) is 17.1. The zero-order valence-corrected chi connectivity index (χ0v) is 12.5. The van der Waals surface area contributed by atoms with Gasteiger partial charge in [0.05, 0.1) is 0 Å². The molecule has 0 fully saturated rings. The van der Waals surface area contributed by atoms with Crippen molar-refractivity contribution in [1.29, 1.82) is 0 Å². The molecule has 1 heterocycles. The van der Waals surface area contributed by atoms with E-state index in [-0.39, 0.29) is 17.4 Å². The lowest BCUT2D eigenvalue weighted by atomic mass is 10.1. The fourth-order valence-corrected chi connectivity index (χ4v) is 2.02. The number of aromatic nitrogens is 2. The van der Waals surface area contributed by atoms with Gasteiger partial charge in [-0.05, 0) is 6.42 Å². The molecule has 0 unspecified atom stereocenters. The van der Waals surface area contributed by atoms with Gasteiger partial charge in [0.2, 0.25) is 5.91 Å². The van der Waals surface area contributed by atoms with E-state index >= 15 is 0 Å². The Morgan fingerprint density at radius 1 is 1.05 bits per heavy atom. The predicted molar refractivity (Wildman–Crippen MR) is 80.2 cm³/mol. The normalized spacial score (nSPS) is 10.3. The SMILES string of the molecule is CCCCCCCCCC(=O)Nc1nccnc1C(=O)O. The summed E-state index contributed by atoms with van der Waals surface area (Å²) in [5, 5.41) is 11.5. The highest BCUT2D eigenvalue weighted by atomic mass is 16.4. The number of aromatic carboxylic acids is 1. The summed E-state index contributed by atoms with van der Waals surface area (Å²) >= 11 is 0. The van der Waals surface area contributed by atoms with Crippen LogP contribution in [0.2, 0.25) is 0 Å². The van der Waals surface area contributed by atoms with Crippen LogP contribution in [0, 0.1) is 0 Å². The molecule has 0 aliphatic carbocycles. The molecule has 0 atom stereocenters. The molecule has 0 aromatic carbocycles. The van der Waals surface area contributed by atoms with Crippen LogP contribution < -0.4 is 5.32 Å². The van der Waals surface area contributed by atoms with Crippen molar-refractivity contribution in [1.82, 2.24) is 9.97 Å². The van der Waals surface area contributed by atoms with Crippen molar-refractivity contribution in [2.45, 2.75) is 58.3 Å². The average molecular weight is 293 g/mol. The van der Waals surface area contributed by atoms with Crippen LogP contribution in [0.1, 0.15) is 68.8 Å². The summed E-state index contributed by atoms with van der Waals surface area (Å²) in [6.07, 6.45) is 10.9. The summed E-state index contributed by atoms with van der Waals surface area (Å²) in [7, 11) is 0. The molecule has 0 bridgehead atoms. The van der Waals surface area contributed by atoms with Crippen molar-refractivity contribution in [3.63, 3.8) is 0 Å². The molecule has 1 amide bonds. The number of carbonyl (C=O) groups excluding carboxylic acids is 1. The molecule has 0 spiro atoms. The van der Waals surface area contributed by atoms with Crippen LogP contribution in [0.25, 0.3) is 0 Å². The highest BCUT2D eigenvalue weighted by Gasteiger charge is 2.14. The summed E-state index contributed by atoms with van der Waals surface area (Å²) in [4.78, 5) is 30.2. The van der Waals surface area contributed by atoms with Crippen LogP contribution >= 0.6 is 0 Å². The van der Waals surface area contributed by atoms with E-state index in [1.165, 1.54) is 38.1 Å². The third-order valence-electron chi connectivity index (χ3n) is 3.17. The van der Waals surface area contributed by atoms with Gasteiger partial charge in [0.15, 0.2) is 11.5 Å². The number of anilines is 1. The van der Waals surface area contributed by atoms with Crippen molar-refractivity contribution in [3.8, 4) is 0 Å². The van der Waals surface area contributed by atoms with Gasteiger partial charge in [-0.15, -0.1) is 0 Å². The Hall–Kier alpha value is -1.98. The minimum absolute atomic E-state index is 0.0120. The molecule has 0 saturated heterocycles.